The molecular weight excluding hydrogens is 344 g/mol. The molecule has 0 aromatic heterocycles. The van der Waals surface area contributed by atoms with Gasteiger partial charge < -0.3 is 9.64 Å². The van der Waals surface area contributed by atoms with Gasteiger partial charge in [-0.15, -0.1) is 0 Å². The molecular formula is C17H24N2O5S. The number of piperidine rings is 1. The number of anilines is 1. The Bertz CT molecular complexity index is 732. The molecule has 1 fully saturated rings. The van der Waals surface area contributed by atoms with Gasteiger partial charge in [0.25, 0.3) is 5.91 Å². The van der Waals surface area contributed by atoms with E-state index in [1.54, 1.807) is 11.0 Å². The second-order valence-electron chi connectivity index (χ2n) is 6.18. The zero-order valence-corrected chi connectivity index (χ0v) is 15.3. The standard InChI is InChI=1S/C17H24N2O5S/c1-3-15-9-4-5-10-19(15)16(20)12-24-17(21)13-7-6-8-14(11-13)18-25(2,22)23/h6-8,11,15,18H,3-5,9-10,12H2,1-2H3. The number of rotatable bonds is 6. The number of likely N-dealkylation sites (tertiary alicyclic amines) is 1. The molecule has 1 saturated heterocycles. The van der Waals surface area contributed by atoms with Crippen LogP contribution in [0.2, 0.25) is 0 Å². The van der Waals surface area contributed by atoms with E-state index < -0.39 is 16.0 Å². The number of nitrogens with zero attached hydrogens (tertiary/aromatic N) is 1. The van der Waals surface area contributed by atoms with Crippen LogP contribution < -0.4 is 4.72 Å². The summed E-state index contributed by atoms with van der Waals surface area (Å²) in [7, 11) is -3.43. The molecule has 8 heteroatoms. The Morgan fingerprint density at radius 1 is 1.32 bits per heavy atom. The van der Waals surface area contributed by atoms with Gasteiger partial charge in [-0.25, -0.2) is 13.2 Å². The summed E-state index contributed by atoms with van der Waals surface area (Å²) >= 11 is 0. The normalized spacial score (nSPS) is 17.8. The summed E-state index contributed by atoms with van der Waals surface area (Å²) in [6.45, 7) is 2.43. The summed E-state index contributed by atoms with van der Waals surface area (Å²) in [6, 6.07) is 6.17. The van der Waals surface area contributed by atoms with Gasteiger partial charge in [-0.1, -0.05) is 13.0 Å². The lowest BCUT2D eigenvalue weighted by atomic mass is 10.00. The molecule has 0 bridgehead atoms. The number of nitrogens with one attached hydrogen (secondary N) is 1. The second-order valence-corrected chi connectivity index (χ2v) is 7.92. The first kappa shape index (κ1) is 19.2. The molecule has 1 heterocycles. The molecule has 2 rings (SSSR count). The number of ether oxygens (including phenoxy) is 1. The minimum Gasteiger partial charge on any atom is -0.452 e. The molecule has 0 radical (unpaired) electrons. The van der Waals surface area contributed by atoms with E-state index in [4.69, 9.17) is 4.74 Å². The molecule has 1 N–H and O–H groups in total. The van der Waals surface area contributed by atoms with Gasteiger partial charge in [-0.3, -0.25) is 9.52 Å². The summed E-state index contributed by atoms with van der Waals surface area (Å²) in [6.07, 6.45) is 4.98. The molecule has 1 unspecified atom stereocenters. The molecule has 1 atom stereocenters. The highest BCUT2D eigenvalue weighted by atomic mass is 32.2. The Kier molecular flexibility index (Phi) is 6.41. The monoisotopic (exact) mass is 368 g/mol. The molecule has 138 valence electrons. The third-order valence-corrected chi connectivity index (χ3v) is 4.75. The van der Waals surface area contributed by atoms with Crippen LogP contribution in [0.15, 0.2) is 24.3 Å². The predicted octanol–water partition coefficient (Wildman–Crippen LogP) is 2.01. The highest BCUT2D eigenvalue weighted by molar-refractivity contribution is 7.92. The van der Waals surface area contributed by atoms with Gasteiger partial charge in [0, 0.05) is 18.3 Å². The molecule has 7 nitrogen and oxygen atoms in total. The van der Waals surface area contributed by atoms with Gasteiger partial charge >= 0.3 is 5.97 Å². The van der Waals surface area contributed by atoms with Crippen LogP contribution in [0.4, 0.5) is 5.69 Å². The maximum absolute atomic E-state index is 12.3. The summed E-state index contributed by atoms with van der Waals surface area (Å²) < 4.78 is 29.9. The smallest absolute Gasteiger partial charge is 0.338 e. The maximum Gasteiger partial charge on any atom is 0.338 e. The number of benzene rings is 1. The lowest BCUT2D eigenvalue weighted by Crippen LogP contribution is -2.45. The van der Waals surface area contributed by atoms with Crippen LogP contribution in [0.1, 0.15) is 43.0 Å². The minimum absolute atomic E-state index is 0.187. The number of hydrogen-bond donors (Lipinski definition) is 1. The van der Waals surface area contributed by atoms with E-state index in [1.165, 1.54) is 18.2 Å². The van der Waals surface area contributed by atoms with Crippen molar-refractivity contribution in [1.82, 2.24) is 4.90 Å². The Balaban J connectivity index is 1.95. The summed E-state index contributed by atoms with van der Waals surface area (Å²) in [5.41, 5.74) is 0.456. The molecule has 1 aromatic carbocycles. The molecule has 0 aliphatic carbocycles. The zero-order chi connectivity index (χ0) is 18.4. The fourth-order valence-corrected chi connectivity index (χ4v) is 3.53. The molecule has 1 amide bonds. The van der Waals surface area contributed by atoms with Crippen molar-refractivity contribution in [3.8, 4) is 0 Å². The molecule has 0 saturated carbocycles. The Labute approximate surface area is 148 Å². The van der Waals surface area contributed by atoms with E-state index in [2.05, 4.69) is 4.72 Å². The van der Waals surface area contributed by atoms with E-state index >= 15 is 0 Å². The van der Waals surface area contributed by atoms with E-state index in [0.29, 0.717) is 6.54 Å². The van der Waals surface area contributed by atoms with Crippen molar-refractivity contribution in [1.29, 1.82) is 0 Å². The van der Waals surface area contributed by atoms with Crippen molar-refractivity contribution < 1.29 is 22.7 Å². The van der Waals surface area contributed by atoms with Gasteiger partial charge in [0.2, 0.25) is 10.0 Å². The van der Waals surface area contributed by atoms with Gasteiger partial charge in [0.05, 0.1) is 11.8 Å². The average molecular weight is 368 g/mol. The van der Waals surface area contributed by atoms with E-state index in [1.807, 2.05) is 6.92 Å². The topological polar surface area (TPSA) is 92.8 Å². The van der Waals surface area contributed by atoms with Gasteiger partial charge in [-0.05, 0) is 43.9 Å². The number of esters is 1. The first-order valence-corrected chi connectivity index (χ1v) is 10.2. The van der Waals surface area contributed by atoms with Crippen LogP contribution >= 0.6 is 0 Å². The van der Waals surface area contributed by atoms with Crippen molar-refractivity contribution in [3.63, 3.8) is 0 Å². The SMILES string of the molecule is CCC1CCCCN1C(=O)COC(=O)c1cccc(NS(C)(=O)=O)c1. The number of carbonyl (C=O) groups is 2. The third-order valence-electron chi connectivity index (χ3n) is 4.15. The van der Waals surface area contributed by atoms with Gasteiger partial charge in [0.15, 0.2) is 6.61 Å². The first-order valence-electron chi connectivity index (χ1n) is 8.34. The van der Waals surface area contributed by atoms with Crippen LogP contribution in [0.25, 0.3) is 0 Å². The largest absolute Gasteiger partial charge is 0.452 e. The van der Waals surface area contributed by atoms with E-state index in [-0.39, 0.29) is 29.8 Å². The van der Waals surface area contributed by atoms with Crippen molar-refractivity contribution in [2.75, 3.05) is 24.1 Å². The molecule has 1 aromatic rings. The number of carbonyl (C=O) groups excluding carboxylic acids is 2. The predicted molar refractivity (Wildman–Crippen MR) is 94.8 cm³/mol. The molecule has 0 spiro atoms. The number of sulfonamides is 1. The van der Waals surface area contributed by atoms with Crippen LogP contribution in [0.3, 0.4) is 0 Å². The molecule has 1 aliphatic rings. The third kappa shape index (κ3) is 5.74. The van der Waals surface area contributed by atoms with Crippen LogP contribution in [-0.2, 0) is 19.6 Å². The Morgan fingerprint density at radius 2 is 2.08 bits per heavy atom. The summed E-state index contributed by atoms with van der Waals surface area (Å²) in [4.78, 5) is 26.2. The lowest BCUT2D eigenvalue weighted by molar-refractivity contribution is -0.138. The van der Waals surface area contributed by atoms with Crippen molar-refractivity contribution in [2.45, 2.75) is 38.6 Å². The summed E-state index contributed by atoms with van der Waals surface area (Å²) in [5, 5.41) is 0. The zero-order valence-electron chi connectivity index (χ0n) is 14.5. The Hall–Kier alpha value is -2.09. The van der Waals surface area contributed by atoms with Gasteiger partial charge in [-0.2, -0.15) is 0 Å². The molecule has 25 heavy (non-hydrogen) atoms. The molecule has 1 aliphatic heterocycles. The van der Waals surface area contributed by atoms with Crippen molar-refractivity contribution >= 4 is 27.6 Å². The maximum atomic E-state index is 12.3. The van der Waals surface area contributed by atoms with Gasteiger partial charge in [0.1, 0.15) is 0 Å². The fourth-order valence-electron chi connectivity index (χ4n) is 2.97. The van der Waals surface area contributed by atoms with Crippen LogP contribution in [-0.4, -0.2) is 50.6 Å². The quantitative estimate of drug-likeness (QED) is 0.775. The minimum atomic E-state index is -3.43. The highest BCUT2D eigenvalue weighted by Gasteiger charge is 2.26. The van der Waals surface area contributed by atoms with Crippen LogP contribution in [0.5, 0.6) is 0 Å². The number of amides is 1. The lowest BCUT2D eigenvalue weighted by Gasteiger charge is -2.35. The number of hydrogen-bond acceptors (Lipinski definition) is 5. The van der Waals surface area contributed by atoms with E-state index in [9.17, 15) is 18.0 Å². The summed E-state index contributed by atoms with van der Waals surface area (Å²) in [5.74, 6) is -0.846. The second kappa shape index (κ2) is 8.33. The fraction of sp³-hybridized carbons (Fsp3) is 0.529. The first-order chi connectivity index (χ1) is 11.8. The van der Waals surface area contributed by atoms with Crippen molar-refractivity contribution in [3.05, 3.63) is 29.8 Å². The van der Waals surface area contributed by atoms with Crippen LogP contribution in [0, 0.1) is 0 Å². The van der Waals surface area contributed by atoms with Crippen molar-refractivity contribution in [2.24, 2.45) is 0 Å². The Morgan fingerprint density at radius 3 is 2.76 bits per heavy atom. The highest BCUT2D eigenvalue weighted by Crippen LogP contribution is 2.19. The van der Waals surface area contributed by atoms with E-state index in [0.717, 1.165) is 31.9 Å². The average Bonchev–Trinajstić information content (AvgIpc) is 2.58.